The first kappa shape index (κ1) is 13.4. The lowest BCUT2D eigenvalue weighted by molar-refractivity contribution is -0.137. The molecule has 0 aromatic heterocycles. The predicted molar refractivity (Wildman–Crippen MR) is 64.3 cm³/mol. The van der Waals surface area contributed by atoms with Crippen LogP contribution in [0.2, 0.25) is 0 Å². The van der Waals surface area contributed by atoms with E-state index in [1.165, 1.54) is 0 Å². The summed E-state index contributed by atoms with van der Waals surface area (Å²) in [4.78, 5) is 10.3. The Balaban J connectivity index is 2.41. The SMILES string of the molecule is Cc1cc(O)c(CCCCCC(=O)O)cc1O. The molecule has 0 bridgehead atoms. The third kappa shape index (κ3) is 4.34. The van der Waals surface area contributed by atoms with Crippen LogP contribution in [0.5, 0.6) is 11.5 Å². The van der Waals surface area contributed by atoms with Crippen molar-refractivity contribution >= 4 is 5.97 Å². The molecule has 0 saturated carbocycles. The Hall–Kier alpha value is -1.71. The number of unbranched alkanes of at least 4 members (excludes halogenated alkanes) is 2. The van der Waals surface area contributed by atoms with Crippen LogP contribution in [-0.2, 0) is 11.2 Å². The molecule has 0 heterocycles. The van der Waals surface area contributed by atoms with E-state index in [-0.39, 0.29) is 17.9 Å². The van der Waals surface area contributed by atoms with Gasteiger partial charge in [-0.3, -0.25) is 4.79 Å². The Bertz CT molecular complexity index is 399. The van der Waals surface area contributed by atoms with E-state index >= 15 is 0 Å². The smallest absolute Gasteiger partial charge is 0.303 e. The Kier molecular flexibility index (Phi) is 4.82. The normalized spacial score (nSPS) is 10.4. The topological polar surface area (TPSA) is 77.8 Å². The first-order valence-electron chi connectivity index (χ1n) is 5.74. The highest BCUT2D eigenvalue weighted by atomic mass is 16.4. The molecule has 0 aliphatic carbocycles. The maximum atomic E-state index is 10.3. The summed E-state index contributed by atoms with van der Waals surface area (Å²) < 4.78 is 0. The summed E-state index contributed by atoms with van der Waals surface area (Å²) >= 11 is 0. The number of aromatic hydroxyl groups is 2. The van der Waals surface area contributed by atoms with Crippen molar-refractivity contribution in [3.05, 3.63) is 23.3 Å². The second-order valence-electron chi connectivity index (χ2n) is 4.22. The van der Waals surface area contributed by atoms with Crippen LogP contribution in [0, 0.1) is 6.92 Å². The monoisotopic (exact) mass is 238 g/mol. The number of rotatable bonds is 6. The Morgan fingerprint density at radius 1 is 1.12 bits per heavy atom. The van der Waals surface area contributed by atoms with E-state index in [0.29, 0.717) is 24.0 Å². The van der Waals surface area contributed by atoms with Gasteiger partial charge in [0.25, 0.3) is 0 Å². The number of benzene rings is 1. The van der Waals surface area contributed by atoms with E-state index in [2.05, 4.69) is 0 Å². The number of aryl methyl sites for hydroxylation is 2. The number of carboxylic acid groups (broad SMARTS) is 1. The molecule has 1 aromatic rings. The second-order valence-corrected chi connectivity index (χ2v) is 4.22. The van der Waals surface area contributed by atoms with E-state index in [1.807, 2.05) is 0 Å². The van der Waals surface area contributed by atoms with Gasteiger partial charge in [0.1, 0.15) is 11.5 Å². The van der Waals surface area contributed by atoms with Crippen LogP contribution < -0.4 is 0 Å². The summed E-state index contributed by atoms with van der Waals surface area (Å²) in [6.45, 7) is 1.73. The number of aliphatic carboxylic acids is 1. The number of carbonyl (C=O) groups is 1. The molecule has 3 N–H and O–H groups in total. The number of phenolic OH excluding ortho intramolecular Hbond substituents is 2. The fraction of sp³-hybridized carbons (Fsp3) is 0.462. The maximum Gasteiger partial charge on any atom is 0.303 e. The average Bonchev–Trinajstić information content (AvgIpc) is 2.24. The molecule has 0 radical (unpaired) electrons. The molecule has 0 unspecified atom stereocenters. The van der Waals surface area contributed by atoms with Gasteiger partial charge in [0.05, 0.1) is 0 Å². The van der Waals surface area contributed by atoms with Crippen LogP contribution in [0.1, 0.15) is 36.8 Å². The first-order valence-corrected chi connectivity index (χ1v) is 5.74. The largest absolute Gasteiger partial charge is 0.508 e. The van der Waals surface area contributed by atoms with E-state index in [1.54, 1.807) is 19.1 Å². The van der Waals surface area contributed by atoms with E-state index in [0.717, 1.165) is 12.8 Å². The second kappa shape index (κ2) is 6.13. The minimum atomic E-state index is -0.777. The van der Waals surface area contributed by atoms with Crippen LogP contribution in [0.25, 0.3) is 0 Å². The number of carboxylic acids is 1. The fourth-order valence-electron chi connectivity index (χ4n) is 1.69. The molecule has 0 aliphatic rings. The van der Waals surface area contributed by atoms with Crippen molar-refractivity contribution < 1.29 is 20.1 Å². The molecule has 0 atom stereocenters. The van der Waals surface area contributed by atoms with Crippen molar-refractivity contribution in [3.63, 3.8) is 0 Å². The van der Waals surface area contributed by atoms with Gasteiger partial charge in [-0.05, 0) is 49.4 Å². The lowest BCUT2D eigenvalue weighted by atomic mass is 10.0. The number of hydrogen-bond acceptors (Lipinski definition) is 3. The van der Waals surface area contributed by atoms with Gasteiger partial charge >= 0.3 is 5.97 Å². The van der Waals surface area contributed by atoms with Crippen LogP contribution in [0.3, 0.4) is 0 Å². The van der Waals surface area contributed by atoms with Crippen LogP contribution >= 0.6 is 0 Å². The Morgan fingerprint density at radius 3 is 2.47 bits per heavy atom. The maximum absolute atomic E-state index is 10.3. The molecule has 4 heteroatoms. The zero-order chi connectivity index (χ0) is 12.8. The number of hydrogen-bond donors (Lipinski definition) is 3. The molecule has 0 spiro atoms. The lowest BCUT2D eigenvalue weighted by Crippen LogP contribution is -1.94. The molecular weight excluding hydrogens is 220 g/mol. The van der Waals surface area contributed by atoms with Gasteiger partial charge in [0, 0.05) is 6.42 Å². The molecular formula is C13H18O4. The van der Waals surface area contributed by atoms with E-state index in [4.69, 9.17) is 5.11 Å². The van der Waals surface area contributed by atoms with Gasteiger partial charge in [0.2, 0.25) is 0 Å². The fourth-order valence-corrected chi connectivity index (χ4v) is 1.69. The molecule has 1 rings (SSSR count). The standard InChI is InChI=1S/C13H18O4/c1-9-7-12(15)10(8-11(9)14)5-3-2-4-6-13(16)17/h7-8,14-15H,2-6H2,1H3,(H,16,17). The minimum absolute atomic E-state index is 0.184. The summed E-state index contributed by atoms with van der Waals surface area (Å²) in [5.41, 5.74) is 1.36. The van der Waals surface area contributed by atoms with Crippen molar-refractivity contribution in [1.82, 2.24) is 0 Å². The molecule has 0 amide bonds. The first-order chi connectivity index (χ1) is 8.00. The summed E-state index contributed by atoms with van der Waals surface area (Å²) in [7, 11) is 0. The third-order valence-electron chi connectivity index (χ3n) is 2.73. The van der Waals surface area contributed by atoms with Crippen molar-refractivity contribution in [2.75, 3.05) is 0 Å². The molecule has 0 aliphatic heterocycles. The number of phenols is 2. The Labute approximate surface area is 101 Å². The van der Waals surface area contributed by atoms with Crippen molar-refractivity contribution in [1.29, 1.82) is 0 Å². The van der Waals surface area contributed by atoms with Crippen molar-refractivity contribution in [2.45, 2.75) is 39.0 Å². The zero-order valence-electron chi connectivity index (χ0n) is 9.94. The quantitative estimate of drug-likeness (QED) is 0.526. The van der Waals surface area contributed by atoms with Gasteiger partial charge in [-0.25, -0.2) is 0 Å². The van der Waals surface area contributed by atoms with Gasteiger partial charge in [-0.15, -0.1) is 0 Å². The summed E-state index contributed by atoms with van der Waals surface area (Å²) in [6, 6.07) is 3.11. The van der Waals surface area contributed by atoms with E-state index in [9.17, 15) is 15.0 Å². The Morgan fingerprint density at radius 2 is 1.82 bits per heavy atom. The van der Waals surface area contributed by atoms with Gasteiger partial charge in [0.15, 0.2) is 0 Å². The minimum Gasteiger partial charge on any atom is -0.508 e. The molecule has 0 saturated heterocycles. The van der Waals surface area contributed by atoms with Crippen LogP contribution in [0.4, 0.5) is 0 Å². The zero-order valence-corrected chi connectivity index (χ0v) is 9.94. The van der Waals surface area contributed by atoms with Crippen LogP contribution in [-0.4, -0.2) is 21.3 Å². The molecule has 4 nitrogen and oxygen atoms in total. The summed E-state index contributed by atoms with van der Waals surface area (Å²) in [6.07, 6.45) is 3.10. The third-order valence-corrected chi connectivity index (χ3v) is 2.73. The highest BCUT2D eigenvalue weighted by Gasteiger charge is 2.06. The van der Waals surface area contributed by atoms with Crippen molar-refractivity contribution in [2.24, 2.45) is 0 Å². The molecule has 17 heavy (non-hydrogen) atoms. The highest BCUT2D eigenvalue weighted by molar-refractivity contribution is 5.66. The summed E-state index contributed by atoms with van der Waals surface area (Å²) in [5.74, 6) is -0.400. The molecule has 94 valence electrons. The molecule has 1 aromatic carbocycles. The van der Waals surface area contributed by atoms with Crippen LogP contribution in [0.15, 0.2) is 12.1 Å². The average molecular weight is 238 g/mol. The van der Waals surface area contributed by atoms with Crippen molar-refractivity contribution in [3.8, 4) is 11.5 Å². The lowest BCUT2D eigenvalue weighted by Gasteiger charge is -2.07. The van der Waals surface area contributed by atoms with Gasteiger partial charge in [-0.2, -0.15) is 0 Å². The molecule has 0 fully saturated rings. The van der Waals surface area contributed by atoms with Gasteiger partial charge < -0.3 is 15.3 Å². The van der Waals surface area contributed by atoms with E-state index < -0.39 is 5.97 Å². The summed E-state index contributed by atoms with van der Waals surface area (Å²) in [5, 5.41) is 27.6. The predicted octanol–water partition coefficient (Wildman–Crippen LogP) is 2.59. The van der Waals surface area contributed by atoms with Gasteiger partial charge in [-0.1, -0.05) is 6.42 Å². The highest BCUT2D eigenvalue weighted by Crippen LogP contribution is 2.27.